The van der Waals surface area contributed by atoms with E-state index >= 15 is 0 Å². The van der Waals surface area contributed by atoms with E-state index in [1.807, 2.05) is 0 Å². The van der Waals surface area contributed by atoms with Gasteiger partial charge in [0.1, 0.15) is 0 Å². The van der Waals surface area contributed by atoms with Crippen LogP contribution in [0.15, 0.2) is 36.2 Å². The molecule has 0 aromatic carbocycles. The zero-order valence-electron chi connectivity index (χ0n) is 14.4. The minimum atomic E-state index is 0.734. The Morgan fingerprint density at radius 2 is 1.09 bits per heavy atom. The van der Waals surface area contributed by atoms with Gasteiger partial charge in [-0.3, -0.25) is 0 Å². The fraction of sp³-hybridized carbons (Fsp3) is 0.714. The minimum Gasteiger partial charge on any atom is -0.365 e. The summed E-state index contributed by atoms with van der Waals surface area (Å²) >= 11 is 0. The molecule has 2 aliphatic rings. The normalized spacial score (nSPS) is 23.7. The fourth-order valence-electron chi connectivity index (χ4n) is 3.73. The molecule has 0 unspecified atom stereocenters. The van der Waals surface area contributed by atoms with Crippen LogP contribution in [0.3, 0.4) is 0 Å². The Bertz CT molecular complexity index is 348. The molecule has 0 aromatic heterocycles. The summed E-state index contributed by atoms with van der Waals surface area (Å²) in [6.45, 7) is 0. The first-order chi connectivity index (χ1) is 11.0. The second-order valence-corrected chi connectivity index (χ2v) is 7.03. The van der Waals surface area contributed by atoms with Crippen LogP contribution >= 0.6 is 0 Å². The molecule has 22 heavy (non-hydrogen) atoms. The zero-order chi connectivity index (χ0) is 15.3. The average molecular weight is 302 g/mol. The van der Waals surface area contributed by atoms with Gasteiger partial charge >= 0.3 is 0 Å². The molecule has 1 heteroatoms. The van der Waals surface area contributed by atoms with Crippen LogP contribution in [0.2, 0.25) is 0 Å². The SMILES string of the molecule is C1=CC=C(C2CCCCCCCCCCCCCC2)NC=C1. The first kappa shape index (κ1) is 17.4. The second-order valence-electron chi connectivity index (χ2n) is 7.03. The highest BCUT2D eigenvalue weighted by atomic mass is 14.9. The van der Waals surface area contributed by atoms with Crippen molar-refractivity contribution >= 4 is 0 Å². The number of hydrogen-bond donors (Lipinski definition) is 1. The molecule has 1 aliphatic heterocycles. The highest BCUT2D eigenvalue weighted by molar-refractivity contribution is 5.22. The third-order valence-electron chi connectivity index (χ3n) is 5.14. The van der Waals surface area contributed by atoms with Crippen LogP contribution in [0.1, 0.15) is 89.9 Å². The van der Waals surface area contributed by atoms with Gasteiger partial charge in [0.25, 0.3) is 0 Å². The highest BCUT2D eigenvalue weighted by Crippen LogP contribution is 2.25. The molecule has 0 atom stereocenters. The average Bonchev–Trinajstić information content (AvgIpc) is 2.82. The highest BCUT2D eigenvalue weighted by Gasteiger charge is 2.13. The first-order valence-corrected chi connectivity index (χ1v) is 9.77. The van der Waals surface area contributed by atoms with Gasteiger partial charge in [0.05, 0.1) is 0 Å². The standard InChI is InChI=1S/C21H35N/c1-2-4-6-8-10-13-17-20(16-12-9-7-5-3-1)21-18-14-11-15-19-22-21/h11,14-15,18-20,22H,1-10,12-13,16-17H2. The van der Waals surface area contributed by atoms with Crippen LogP contribution in [-0.4, -0.2) is 0 Å². The van der Waals surface area contributed by atoms with Crippen molar-refractivity contribution in [3.8, 4) is 0 Å². The third kappa shape index (κ3) is 7.33. The molecule has 124 valence electrons. The molecule has 0 saturated heterocycles. The maximum Gasteiger partial charge on any atom is 0.0178 e. The van der Waals surface area contributed by atoms with Crippen LogP contribution < -0.4 is 5.32 Å². The van der Waals surface area contributed by atoms with Crippen molar-refractivity contribution < 1.29 is 0 Å². The van der Waals surface area contributed by atoms with Crippen LogP contribution in [-0.2, 0) is 0 Å². The Balaban J connectivity index is 1.83. The van der Waals surface area contributed by atoms with Crippen molar-refractivity contribution in [2.24, 2.45) is 5.92 Å². The molecule has 1 N–H and O–H groups in total. The molecule has 2 rings (SSSR count). The van der Waals surface area contributed by atoms with E-state index in [0.29, 0.717) is 0 Å². The summed E-state index contributed by atoms with van der Waals surface area (Å²) in [5, 5.41) is 3.51. The summed E-state index contributed by atoms with van der Waals surface area (Å²) in [5.41, 5.74) is 1.44. The van der Waals surface area contributed by atoms with E-state index in [2.05, 4.69) is 35.8 Å². The van der Waals surface area contributed by atoms with Crippen LogP contribution in [0.5, 0.6) is 0 Å². The summed E-state index contributed by atoms with van der Waals surface area (Å²) in [5.74, 6) is 0.734. The lowest BCUT2D eigenvalue weighted by atomic mass is 9.91. The lowest BCUT2D eigenvalue weighted by Gasteiger charge is -2.20. The molecule has 0 radical (unpaired) electrons. The van der Waals surface area contributed by atoms with Crippen molar-refractivity contribution in [2.75, 3.05) is 0 Å². The first-order valence-electron chi connectivity index (χ1n) is 9.77. The van der Waals surface area contributed by atoms with Gasteiger partial charge in [0, 0.05) is 11.9 Å². The van der Waals surface area contributed by atoms with Crippen LogP contribution in [0, 0.1) is 5.92 Å². The van der Waals surface area contributed by atoms with Gasteiger partial charge < -0.3 is 5.32 Å². The molecule has 0 amide bonds. The summed E-state index contributed by atoms with van der Waals surface area (Å²) in [6, 6.07) is 0. The Kier molecular flexibility index (Phi) is 9.14. The van der Waals surface area contributed by atoms with Crippen molar-refractivity contribution in [3.63, 3.8) is 0 Å². The lowest BCUT2D eigenvalue weighted by Crippen LogP contribution is -2.15. The molecule has 1 fully saturated rings. The van der Waals surface area contributed by atoms with Gasteiger partial charge in [-0.2, -0.15) is 0 Å². The largest absolute Gasteiger partial charge is 0.365 e. The fourth-order valence-corrected chi connectivity index (χ4v) is 3.73. The lowest BCUT2D eigenvalue weighted by molar-refractivity contribution is 0.441. The summed E-state index contributed by atoms with van der Waals surface area (Å²) < 4.78 is 0. The van der Waals surface area contributed by atoms with E-state index in [9.17, 15) is 0 Å². The van der Waals surface area contributed by atoms with Gasteiger partial charge in [-0.05, 0) is 30.9 Å². The number of allylic oxidation sites excluding steroid dienone is 5. The van der Waals surface area contributed by atoms with Crippen molar-refractivity contribution in [3.05, 3.63) is 36.2 Å². The Morgan fingerprint density at radius 1 is 0.591 bits per heavy atom. The van der Waals surface area contributed by atoms with Crippen molar-refractivity contribution in [2.45, 2.75) is 89.9 Å². The van der Waals surface area contributed by atoms with E-state index < -0.39 is 0 Å². The molecule has 0 bridgehead atoms. The van der Waals surface area contributed by atoms with Crippen molar-refractivity contribution in [1.29, 1.82) is 0 Å². The predicted octanol–water partition coefficient (Wildman–Crippen LogP) is 6.63. The number of rotatable bonds is 1. The molecule has 1 aliphatic carbocycles. The van der Waals surface area contributed by atoms with E-state index in [-0.39, 0.29) is 0 Å². The molecular formula is C21H35N. The van der Waals surface area contributed by atoms with E-state index in [1.54, 1.807) is 0 Å². The number of nitrogens with one attached hydrogen (secondary N) is 1. The maximum absolute atomic E-state index is 3.51. The topological polar surface area (TPSA) is 12.0 Å². The van der Waals surface area contributed by atoms with Gasteiger partial charge in [-0.15, -0.1) is 0 Å². The predicted molar refractivity (Wildman–Crippen MR) is 97.6 cm³/mol. The number of hydrogen-bond acceptors (Lipinski definition) is 1. The molecule has 1 saturated carbocycles. The second kappa shape index (κ2) is 11.6. The maximum atomic E-state index is 3.51. The van der Waals surface area contributed by atoms with Crippen LogP contribution in [0.25, 0.3) is 0 Å². The summed E-state index contributed by atoms with van der Waals surface area (Å²) in [6.07, 6.45) is 30.8. The third-order valence-corrected chi connectivity index (χ3v) is 5.14. The molecule has 0 spiro atoms. The van der Waals surface area contributed by atoms with Gasteiger partial charge in [-0.25, -0.2) is 0 Å². The Morgan fingerprint density at radius 3 is 1.64 bits per heavy atom. The molecule has 1 heterocycles. The van der Waals surface area contributed by atoms with Gasteiger partial charge in [-0.1, -0.05) is 89.2 Å². The molecule has 1 nitrogen and oxygen atoms in total. The van der Waals surface area contributed by atoms with Gasteiger partial charge in [0.2, 0.25) is 0 Å². The Labute approximate surface area is 138 Å². The zero-order valence-corrected chi connectivity index (χ0v) is 14.4. The summed E-state index contributed by atoms with van der Waals surface area (Å²) in [7, 11) is 0. The Hall–Kier alpha value is -0.980. The van der Waals surface area contributed by atoms with Crippen molar-refractivity contribution in [1.82, 2.24) is 5.32 Å². The summed E-state index contributed by atoms with van der Waals surface area (Å²) in [4.78, 5) is 0. The monoisotopic (exact) mass is 301 g/mol. The molecular weight excluding hydrogens is 266 g/mol. The van der Waals surface area contributed by atoms with E-state index in [0.717, 1.165) is 5.92 Å². The smallest absolute Gasteiger partial charge is 0.0178 e. The minimum absolute atomic E-state index is 0.734. The molecule has 0 aromatic rings. The van der Waals surface area contributed by atoms with Gasteiger partial charge in [0.15, 0.2) is 0 Å². The van der Waals surface area contributed by atoms with E-state index in [1.165, 1.54) is 95.6 Å². The quantitative estimate of drug-likeness (QED) is 0.572. The van der Waals surface area contributed by atoms with E-state index in [4.69, 9.17) is 0 Å². The van der Waals surface area contributed by atoms with Crippen LogP contribution in [0.4, 0.5) is 0 Å².